The molecule has 3 aromatic heterocycles. The molecule has 0 radical (unpaired) electrons. The van der Waals surface area contributed by atoms with Gasteiger partial charge in [-0.1, -0.05) is 30.3 Å². The van der Waals surface area contributed by atoms with Crippen LogP contribution < -0.4 is 0 Å². The molecule has 0 bridgehead atoms. The maximum atomic E-state index is 5.45. The van der Waals surface area contributed by atoms with Crippen LogP contribution in [-0.2, 0) is 0 Å². The molecule has 96 valence electrons. The molecule has 0 saturated carbocycles. The quantitative estimate of drug-likeness (QED) is 0.553. The van der Waals surface area contributed by atoms with Crippen molar-refractivity contribution in [3.05, 3.63) is 67.2 Å². The van der Waals surface area contributed by atoms with Crippen molar-refractivity contribution in [2.24, 2.45) is 0 Å². The topological polar surface area (TPSA) is 43.3 Å². The lowest BCUT2D eigenvalue weighted by Crippen LogP contribution is -1.94. The molecule has 0 unspecified atom stereocenters. The second-order valence-corrected chi connectivity index (χ2v) is 4.47. The molecular weight excluding hydrogens is 250 g/mol. The third-order valence-electron chi connectivity index (χ3n) is 3.26. The van der Waals surface area contributed by atoms with Gasteiger partial charge in [0, 0.05) is 11.8 Å². The standard InChI is InChI=1S/C16H11N3O/c1-2-5-12(6-3-1)13-11-18-19-14(8-9-17-16(13)19)15-7-4-10-20-15/h1-11H. The van der Waals surface area contributed by atoms with Crippen LogP contribution in [0, 0.1) is 0 Å². The van der Waals surface area contributed by atoms with Gasteiger partial charge in [0.15, 0.2) is 11.4 Å². The van der Waals surface area contributed by atoms with E-state index in [0.29, 0.717) is 0 Å². The molecule has 0 amide bonds. The molecule has 4 heteroatoms. The third kappa shape index (κ3) is 1.62. The van der Waals surface area contributed by atoms with Crippen LogP contribution in [0.4, 0.5) is 0 Å². The van der Waals surface area contributed by atoms with Crippen molar-refractivity contribution in [3.63, 3.8) is 0 Å². The van der Waals surface area contributed by atoms with Gasteiger partial charge < -0.3 is 4.42 Å². The normalized spacial score (nSPS) is 11.0. The van der Waals surface area contributed by atoms with E-state index in [4.69, 9.17) is 4.42 Å². The van der Waals surface area contributed by atoms with Gasteiger partial charge in [-0.2, -0.15) is 5.10 Å². The highest BCUT2D eigenvalue weighted by molar-refractivity contribution is 5.78. The van der Waals surface area contributed by atoms with Gasteiger partial charge in [-0.15, -0.1) is 0 Å². The van der Waals surface area contributed by atoms with E-state index in [2.05, 4.69) is 22.2 Å². The van der Waals surface area contributed by atoms with Crippen molar-refractivity contribution in [1.29, 1.82) is 0 Å². The van der Waals surface area contributed by atoms with Gasteiger partial charge in [0.2, 0.25) is 0 Å². The Labute approximate surface area is 115 Å². The minimum Gasteiger partial charge on any atom is -0.463 e. The predicted octanol–water partition coefficient (Wildman–Crippen LogP) is 3.66. The largest absolute Gasteiger partial charge is 0.463 e. The maximum absolute atomic E-state index is 5.45. The second-order valence-electron chi connectivity index (χ2n) is 4.47. The SMILES string of the molecule is c1ccc(-c2cnn3c(-c4ccco4)ccnc23)cc1. The van der Waals surface area contributed by atoms with Gasteiger partial charge in [-0.3, -0.25) is 0 Å². The summed E-state index contributed by atoms with van der Waals surface area (Å²) < 4.78 is 7.26. The van der Waals surface area contributed by atoms with Gasteiger partial charge in [0.25, 0.3) is 0 Å². The maximum Gasteiger partial charge on any atom is 0.163 e. The first-order valence-corrected chi connectivity index (χ1v) is 6.35. The molecule has 0 atom stereocenters. The van der Waals surface area contributed by atoms with Gasteiger partial charge in [-0.25, -0.2) is 9.50 Å². The van der Waals surface area contributed by atoms with E-state index < -0.39 is 0 Å². The number of aromatic nitrogens is 3. The minimum absolute atomic E-state index is 0.778. The number of benzene rings is 1. The van der Waals surface area contributed by atoms with Gasteiger partial charge >= 0.3 is 0 Å². The van der Waals surface area contributed by atoms with E-state index in [0.717, 1.165) is 28.2 Å². The summed E-state index contributed by atoms with van der Waals surface area (Å²) in [5.41, 5.74) is 3.83. The van der Waals surface area contributed by atoms with Crippen LogP contribution in [0.25, 0.3) is 28.2 Å². The number of furan rings is 1. The number of rotatable bonds is 2. The summed E-state index contributed by atoms with van der Waals surface area (Å²) in [5.74, 6) is 0.778. The molecule has 20 heavy (non-hydrogen) atoms. The predicted molar refractivity (Wildman–Crippen MR) is 76.1 cm³/mol. The summed E-state index contributed by atoms with van der Waals surface area (Å²) in [4.78, 5) is 4.45. The summed E-state index contributed by atoms with van der Waals surface area (Å²) in [7, 11) is 0. The summed E-state index contributed by atoms with van der Waals surface area (Å²) in [6, 6.07) is 15.8. The zero-order chi connectivity index (χ0) is 13.4. The minimum atomic E-state index is 0.778. The van der Waals surface area contributed by atoms with Crippen LogP contribution in [-0.4, -0.2) is 14.6 Å². The van der Waals surface area contributed by atoms with Crippen LogP contribution >= 0.6 is 0 Å². The van der Waals surface area contributed by atoms with Crippen LogP contribution in [0.2, 0.25) is 0 Å². The van der Waals surface area contributed by atoms with E-state index in [-0.39, 0.29) is 0 Å². The lowest BCUT2D eigenvalue weighted by molar-refractivity contribution is 0.577. The highest BCUT2D eigenvalue weighted by Gasteiger charge is 2.12. The van der Waals surface area contributed by atoms with E-state index in [1.54, 1.807) is 17.0 Å². The lowest BCUT2D eigenvalue weighted by Gasteiger charge is -2.02. The molecule has 4 aromatic rings. The molecular formula is C16H11N3O. The average Bonchev–Trinajstić information content (AvgIpc) is 3.17. The van der Waals surface area contributed by atoms with Crippen LogP contribution in [0.15, 0.2) is 71.6 Å². The van der Waals surface area contributed by atoms with E-state index in [1.807, 2.05) is 42.6 Å². The fraction of sp³-hybridized carbons (Fsp3) is 0. The summed E-state index contributed by atoms with van der Waals surface area (Å²) in [5, 5.41) is 4.45. The fourth-order valence-electron chi connectivity index (χ4n) is 2.32. The van der Waals surface area contributed by atoms with E-state index in [9.17, 15) is 0 Å². The van der Waals surface area contributed by atoms with Crippen LogP contribution in [0.5, 0.6) is 0 Å². The zero-order valence-electron chi connectivity index (χ0n) is 10.6. The van der Waals surface area contributed by atoms with Crippen LogP contribution in [0.3, 0.4) is 0 Å². The van der Waals surface area contributed by atoms with Crippen molar-refractivity contribution >= 4 is 5.65 Å². The Morgan fingerprint density at radius 1 is 0.950 bits per heavy atom. The Balaban J connectivity index is 1.97. The summed E-state index contributed by atoms with van der Waals surface area (Å²) in [6.45, 7) is 0. The molecule has 0 fully saturated rings. The zero-order valence-corrected chi connectivity index (χ0v) is 10.6. The lowest BCUT2D eigenvalue weighted by atomic mass is 10.1. The van der Waals surface area contributed by atoms with Crippen molar-refractivity contribution < 1.29 is 4.42 Å². The molecule has 0 aliphatic carbocycles. The van der Waals surface area contributed by atoms with Crippen molar-refractivity contribution in [2.45, 2.75) is 0 Å². The van der Waals surface area contributed by atoms with Crippen molar-refractivity contribution in [1.82, 2.24) is 14.6 Å². The Morgan fingerprint density at radius 2 is 1.85 bits per heavy atom. The third-order valence-corrected chi connectivity index (χ3v) is 3.26. The summed E-state index contributed by atoms with van der Waals surface area (Å²) in [6.07, 6.45) is 5.27. The molecule has 0 spiro atoms. The molecule has 3 heterocycles. The molecule has 0 N–H and O–H groups in total. The fourth-order valence-corrected chi connectivity index (χ4v) is 2.32. The van der Waals surface area contributed by atoms with Gasteiger partial charge in [0.05, 0.1) is 12.5 Å². The molecule has 1 aromatic carbocycles. The Morgan fingerprint density at radius 3 is 2.65 bits per heavy atom. The summed E-state index contributed by atoms with van der Waals surface area (Å²) >= 11 is 0. The molecule has 0 aliphatic rings. The molecule has 4 rings (SSSR count). The van der Waals surface area contributed by atoms with Gasteiger partial charge in [-0.05, 0) is 23.8 Å². The number of hydrogen-bond acceptors (Lipinski definition) is 3. The van der Waals surface area contributed by atoms with Crippen molar-refractivity contribution in [3.8, 4) is 22.6 Å². The van der Waals surface area contributed by atoms with Crippen molar-refractivity contribution in [2.75, 3.05) is 0 Å². The van der Waals surface area contributed by atoms with E-state index in [1.165, 1.54) is 0 Å². The number of hydrogen-bond donors (Lipinski definition) is 0. The molecule has 4 nitrogen and oxygen atoms in total. The average molecular weight is 261 g/mol. The monoisotopic (exact) mass is 261 g/mol. The molecule has 0 saturated heterocycles. The number of nitrogens with zero attached hydrogens (tertiary/aromatic N) is 3. The number of fused-ring (bicyclic) bond motifs is 1. The highest BCUT2D eigenvalue weighted by atomic mass is 16.3. The van der Waals surface area contributed by atoms with Crippen LogP contribution in [0.1, 0.15) is 0 Å². The Hall–Kier alpha value is -2.88. The Bertz CT molecular complexity index is 848. The Kier molecular flexibility index (Phi) is 2.39. The van der Waals surface area contributed by atoms with E-state index >= 15 is 0 Å². The first kappa shape index (κ1) is 11.0. The smallest absolute Gasteiger partial charge is 0.163 e. The highest BCUT2D eigenvalue weighted by Crippen LogP contribution is 2.26. The van der Waals surface area contributed by atoms with Gasteiger partial charge in [0.1, 0.15) is 5.69 Å². The second kappa shape index (κ2) is 4.35. The first-order chi connectivity index (χ1) is 9.93. The molecule has 0 aliphatic heterocycles. The first-order valence-electron chi connectivity index (χ1n) is 6.35.